The zero-order valence-corrected chi connectivity index (χ0v) is 31.7. The summed E-state index contributed by atoms with van der Waals surface area (Å²) in [6.45, 7) is 0. The molecule has 0 bridgehead atoms. The molecule has 0 aliphatic carbocycles. The van der Waals surface area contributed by atoms with E-state index in [1.807, 2.05) is 12.1 Å². The number of para-hydroxylation sites is 1. The standard InChI is InChI=1S/C56H37NO/c1-2-11-40(12-3-1)50-33-28-44(36-53(50)56-37-46-15-6-9-20-55(46)58-56)39-25-31-48(32-26-39)57(54-19-10-16-41-13-5-8-18-52(41)54)47-29-23-38(24-30-47)43-27-34-51-45(35-43)22-21-42-14-4-7-17-49(42)51/h1-37H. The first-order valence-electron chi connectivity index (χ1n) is 19.8. The molecule has 0 saturated heterocycles. The molecule has 1 heterocycles. The molecular weight excluding hydrogens is 703 g/mol. The van der Waals surface area contributed by atoms with Crippen molar-refractivity contribution in [2.75, 3.05) is 4.90 Å². The summed E-state index contributed by atoms with van der Waals surface area (Å²) in [5, 5.41) is 8.58. The highest BCUT2D eigenvalue weighted by Crippen LogP contribution is 2.42. The number of hydrogen-bond donors (Lipinski definition) is 0. The molecule has 0 atom stereocenters. The summed E-state index contributed by atoms with van der Waals surface area (Å²) < 4.78 is 6.46. The zero-order chi connectivity index (χ0) is 38.4. The van der Waals surface area contributed by atoms with Crippen LogP contribution in [-0.2, 0) is 0 Å². The molecule has 11 rings (SSSR count). The van der Waals surface area contributed by atoms with Gasteiger partial charge in [-0.1, -0.05) is 170 Å². The van der Waals surface area contributed by atoms with Crippen molar-refractivity contribution in [1.29, 1.82) is 0 Å². The summed E-state index contributed by atoms with van der Waals surface area (Å²) in [6.07, 6.45) is 0. The third-order valence-corrected chi connectivity index (χ3v) is 11.5. The molecule has 0 N–H and O–H groups in total. The van der Waals surface area contributed by atoms with Gasteiger partial charge in [0, 0.05) is 27.7 Å². The monoisotopic (exact) mass is 739 g/mol. The minimum absolute atomic E-state index is 0.862. The molecule has 272 valence electrons. The van der Waals surface area contributed by atoms with Crippen LogP contribution in [0.2, 0.25) is 0 Å². The third kappa shape index (κ3) is 6.00. The molecule has 0 fully saturated rings. The number of rotatable bonds is 7. The van der Waals surface area contributed by atoms with Gasteiger partial charge in [0.2, 0.25) is 0 Å². The van der Waals surface area contributed by atoms with Gasteiger partial charge < -0.3 is 9.32 Å². The Morgan fingerprint density at radius 2 is 0.845 bits per heavy atom. The highest BCUT2D eigenvalue weighted by Gasteiger charge is 2.18. The minimum atomic E-state index is 0.862. The summed E-state index contributed by atoms with van der Waals surface area (Å²) in [4.78, 5) is 2.38. The van der Waals surface area contributed by atoms with E-state index in [4.69, 9.17) is 4.42 Å². The van der Waals surface area contributed by atoms with Gasteiger partial charge >= 0.3 is 0 Å². The quantitative estimate of drug-likeness (QED) is 0.151. The first kappa shape index (κ1) is 33.6. The molecule has 58 heavy (non-hydrogen) atoms. The Labute approximate surface area is 337 Å². The normalized spacial score (nSPS) is 11.4. The van der Waals surface area contributed by atoms with E-state index in [1.54, 1.807) is 0 Å². The van der Waals surface area contributed by atoms with E-state index in [0.29, 0.717) is 0 Å². The lowest BCUT2D eigenvalue weighted by molar-refractivity contribution is 0.632. The number of benzene rings is 10. The second kappa shape index (κ2) is 14.1. The van der Waals surface area contributed by atoms with E-state index in [2.05, 4.69) is 217 Å². The van der Waals surface area contributed by atoms with Crippen LogP contribution in [0, 0.1) is 0 Å². The van der Waals surface area contributed by atoms with E-state index < -0.39 is 0 Å². The maximum atomic E-state index is 6.46. The summed E-state index contributed by atoms with van der Waals surface area (Å²) in [5.74, 6) is 0.862. The fourth-order valence-electron chi connectivity index (χ4n) is 8.54. The van der Waals surface area contributed by atoms with Crippen LogP contribution in [0.15, 0.2) is 229 Å². The van der Waals surface area contributed by atoms with Gasteiger partial charge in [0.25, 0.3) is 0 Å². The maximum absolute atomic E-state index is 6.46. The van der Waals surface area contributed by atoms with E-state index in [0.717, 1.165) is 61.6 Å². The van der Waals surface area contributed by atoms with Crippen molar-refractivity contribution in [2.24, 2.45) is 0 Å². The highest BCUT2D eigenvalue weighted by molar-refractivity contribution is 6.08. The Kier molecular flexibility index (Phi) is 8.19. The van der Waals surface area contributed by atoms with E-state index >= 15 is 0 Å². The number of furan rings is 1. The Morgan fingerprint density at radius 3 is 1.59 bits per heavy atom. The molecule has 0 saturated carbocycles. The molecule has 2 nitrogen and oxygen atoms in total. The van der Waals surface area contributed by atoms with Gasteiger partial charge in [0.15, 0.2) is 0 Å². The number of anilines is 3. The van der Waals surface area contributed by atoms with Gasteiger partial charge in [-0.2, -0.15) is 0 Å². The minimum Gasteiger partial charge on any atom is -0.456 e. The van der Waals surface area contributed by atoms with E-state index in [9.17, 15) is 0 Å². The fourth-order valence-corrected chi connectivity index (χ4v) is 8.54. The smallest absolute Gasteiger partial charge is 0.136 e. The van der Waals surface area contributed by atoms with Crippen LogP contribution < -0.4 is 4.90 Å². The molecule has 2 heteroatoms. The van der Waals surface area contributed by atoms with Gasteiger partial charge in [-0.3, -0.25) is 0 Å². The van der Waals surface area contributed by atoms with Crippen LogP contribution >= 0.6 is 0 Å². The highest BCUT2D eigenvalue weighted by atomic mass is 16.3. The van der Waals surface area contributed by atoms with E-state index in [-0.39, 0.29) is 0 Å². The van der Waals surface area contributed by atoms with Gasteiger partial charge in [-0.15, -0.1) is 0 Å². The van der Waals surface area contributed by atoms with Crippen molar-refractivity contribution in [3.8, 4) is 44.7 Å². The van der Waals surface area contributed by atoms with Crippen LogP contribution in [0.3, 0.4) is 0 Å². The lowest BCUT2D eigenvalue weighted by Crippen LogP contribution is -2.10. The maximum Gasteiger partial charge on any atom is 0.136 e. The first-order valence-corrected chi connectivity index (χ1v) is 19.8. The van der Waals surface area contributed by atoms with Crippen molar-refractivity contribution in [3.63, 3.8) is 0 Å². The summed E-state index contributed by atoms with van der Waals surface area (Å²) in [5.41, 5.74) is 12.2. The molecule has 0 unspecified atom stereocenters. The van der Waals surface area contributed by atoms with Crippen molar-refractivity contribution in [1.82, 2.24) is 0 Å². The lowest BCUT2D eigenvalue weighted by atomic mass is 9.93. The van der Waals surface area contributed by atoms with Crippen LogP contribution in [0.1, 0.15) is 0 Å². The van der Waals surface area contributed by atoms with Crippen molar-refractivity contribution in [3.05, 3.63) is 224 Å². The molecule has 10 aromatic carbocycles. The second-order valence-electron chi connectivity index (χ2n) is 14.9. The molecule has 0 amide bonds. The molecule has 0 aliphatic heterocycles. The van der Waals surface area contributed by atoms with E-state index in [1.165, 1.54) is 43.4 Å². The molecule has 11 aromatic rings. The predicted molar refractivity (Wildman–Crippen MR) is 245 cm³/mol. The lowest BCUT2D eigenvalue weighted by Gasteiger charge is -2.27. The van der Waals surface area contributed by atoms with Crippen molar-refractivity contribution in [2.45, 2.75) is 0 Å². The Balaban J connectivity index is 0.984. The Morgan fingerprint density at radius 1 is 0.293 bits per heavy atom. The summed E-state index contributed by atoms with van der Waals surface area (Å²) in [6, 6.07) is 80.7. The van der Waals surface area contributed by atoms with Gasteiger partial charge in [0.05, 0.1) is 5.69 Å². The topological polar surface area (TPSA) is 16.4 Å². The molecular formula is C56H37NO. The molecule has 0 spiro atoms. The first-order chi connectivity index (χ1) is 28.7. The average molecular weight is 740 g/mol. The third-order valence-electron chi connectivity index (χ3n) is 11.5. The average Bonchev–Trinajstić information content (AvgIpc) is 3.74. The number of nitrogens with zero attached hydrogens (tertiary/aromatic N) is 1. The van der Waals surface area contributed by atoms with Crippen LogP contribution in [0.4, 0.5) is 17.1 Å². The number of fused-ring (bicyclic) bond motifs is 5. The molecule has 1 aromatic heterocycles. The summed E-state index contributed by atoms with van der Waals surface area (Å²) >= 11 is 0. The van der Waals surface area contributed by atoms with Gasteiger partial charge in [-0.25, -0.2) is 0 Å². The number of hydrogen-bond acceptors (Lipinski definition) is 2. The molecule has 0 aliphatic rings. The zero-order valence-electron chi connectivity index (χ0n) is 31.7. The van der Waals surface area contributed by atoms with Crippen LogP contribution in [0.25, 0.3) is 88.0 Å². The van der Waals surface area contributed by atoms with Gasteiger partial charge in [-0.05, 0) is 115 Å². The predicted octanol–water partition coefficient (Wildman–Crippen LogP) is 16.0. The van der Waals surface area contributed by atoms with Crippen LogP contribution in [-0.4, -0.2) is 0 Å². The largest absolute Gasteiger partial charge is 0.456 e. The fraction of sp³-hybridized carbons (Fsp3) is 0. The Bertz CT molecular complexity index is 3230. The SMILES string of the molecule is c1ccc(-c2ccc(-c3ccc(N(c4ccc(-c5ccc6c(ccc7ccccc76)c5)cc4)c4cccc5ccccc45)cc3)cc2-c2cc3ccccc3o2)cc1. The summed E-state index contributed by atoms with van der Waals surface area (Å²) in [7, 11) is 0. The second-order valence-corrected chi connectivity index (χ2v) is 14.9. The molecule has 0 radical (unpaired) electrons. The van der Waals surface area contributed by atoms with Crippen molar-refractivity contribution >= 4 is 60.3 Å². The Hall–Kier alpha value is -7.68. The van der Waals surface area contributed by atoms with Crippen LogP contribution in [0.5, 0.6) is 0 Å². The van der Waals surface area contributed by atoms with Crippen molar-refractivity contribution < 1.29 is 4.42 Å². The van der Waals surface area contributed by atoms with Gasteiger partial charge in [0.1, 0.15) is 11.3 Å².